The molecule has 16 heteroatoms. The summed E-state index contributed by atoms with van der Waals surface area (Å²) in [7, 11) is 0. The summed E-state index contributed by atoms with van der Waals surface area (Å²) in [5.41, 5.74) is 14.1. The number of carbonyl (C=O) groups is 5. The Morgan fingerprint density at radius 3 is 2.53 bits per heavy atom. The summed E-state index contributed by atoms with van der Waals surface area (Å²) in [6.07, 6.45) is 5.99. The lowest BCUT2D eigenvalue weighted by Crippen LogP contribution is -2.58. The Hall–Kier alpha value is -6.55. The highest BCUT2D eigenvalue weighted by Gasteiger charge is 2.32. The number of H-pyrrole nitrogens is 1. The molecular weight excluding hydrogens is 747 g/mol. The van der Waals surface area contributed by atoms with E-state index in [0.29, 0.717) is 17.7 Å². The third-order valence-electron chi connectivity index (χ3n) is 9.39. The molecule has 15 nitrogen and oxygen atoms in total. The Morgan fingerprint density at radius 2 is 1.75 bits per heavy atom. The number of carbonyl (C=O) groups excluding carboxylic acids is 5. The second-order valence-corrected chi connectivity index (χ2v) is 14.7. The molecule has 7 rings (SSSR count). The highest BCUT2D eigenvalue weighted by atomic mass is 32.1. The zero-order valence-electron chi connectivity index (χ0n) is 31.3. The van der Waals surface area contributed by atoms with Crippen LogP contribution in [0.15, 0.2) is 96.1 Å². The summed E-state index contributed by atoms with van der Waals surface area (Å²) in [6.45, 7) is 1.71. The molecular formula is C41H45N9O6S. The van der Waals surface area contributed by atoms with Gasteiger partial charge in [0.2, 0.25) is 29.4 Å². The number of aliphatic imine (C=N–C) groups is 1. The number of nitrogens with two attached hydrogens (primary N) is 2. The number of benzene rings is 3. The van der Waals surface area contributed by atoms with E-state index in [4.69, 9.17) is 16.2 Å². The van der Waals surface area contributed by atoms with Gasteiger partial charge in [0.15, 0.2) is 11.0 Å². The van der Waals surface area contributed by atoms with Crippen molar-refractivity contribution in [3.63, 3.8) is 0 Å². The van der Waals surface area contributed by atoms with Crippen LogP contribution in [0.5, 0.6) is 5.75 Å². The van der Waals surface area contributed by atoms with Crippen molar-refractivity contribution in [1.29, 1.82) is 0 Å². The van der Waals surface area contributed by atoms with Crippen LogP contribution in [0.4, 0.5) is 0 Å². The monoisotopic (exact) mass is 791 g/mol. The van der Waals surface area contributed by atoms with Gasteiger partial charge in [-0.25, -0.2) is 4.98 Å². The van der Waals surface area contributed by atoms with Crippen molar-refractivity contribution in [2.24, 2.45) is 16.5 Å². The van der Waals surface area contributed by atoms with Crippen LogP contribution in [0, 0.1) is 0 Å². The van der Waals surface area contributed by atoms with E-state index < -0.39 is 53.6 Å². The molecule has 4 heterocycles. The standard InChI is InChI=1S/C41H45N9O6S/c1-24(51)46-33-21-25-15-17-27(18-16-25)56-20-7-6-12-32(48-39(55)34(49-38(33)54)22-26-23-45-29-10-3-2-9-28(26)29)37(53)47-31(13-8-19-44-41(42)43)36(52)40-50-30-11-4-5-14-35(30)57-40/h2-7,9-11,14-18,23,31-34,45H,8,12-13,19-22H2,1H3,(H,46,51)(H,47,53)(H,48,55)(H,49,54)(H4,42,43,44)/b7-6-/t31-,32-,33-,34+/m0/s1. The van der Waals surface area contributed by atoms with Crippen LogP contribution in [0.1, 0.15) is 47.1 Å². The molecule has 0 saturated carbocycles. The summed E-state index contributed by atoms with van der Waals surface area (Å²) in [4.78, 5) is 80.5. The molecule has 2 aliphatic rings. The van der Waals surface area contributed by atoms with E-state index in [1.54, 1.807) is 48.7 Å². The zero-order chi connectivity index (χ0) is 40.3. The van der Waals surface area contributed by atoms with Crippen molar-refractivity contribution < 1.29 is 28.7 Å². The van der Waals surface area contributed by atoms with Crippen molar-refractivity contribution in [1.82, 2.24) is 31.2 Å². The van der Waals surface area contributed by atoms with Gasteiger partial charge in [0.05, 0.1) is 16.3 Å². The number of para-hydroxylation sites is 2. The van der Waals surface area contributed by atoms with E-state index in [9.17, 15) is 24.0 Å². The highest BCUT2D eigenvalue weighted by molar-refractivity contribution is 7.20. The second kappa shape index (κ2) is 18.9. The van der Waals surface area contributed by atoms with E-state index >= 15 is 0 Å². The Morgan fingerprint density at radius 1 is 0.982 bits per heavy atom. The molecule has 296 valence electrons. The maximum atomic E-state index is 14.4. The van der Waals surface area contributed by atoms with E-state index in [-0.39, 0.29) is 49.8 Å². The predicted octanol–water partition coefficient (Wildman–Crippen LogP) is 2.80. The molecule has 0 saturated heterocycles. The number of hydrogen-bond acceptors (Lipinski definition) is 9. The first-order valence-corrected chi connectivity index (χ1v) is 19.4. The van der Waals surface area contributed by atoms with E-state index in [2.05, 4.69) is 36.2 Å². The lowest BCUT2D eigenvalue weighted by Gasteiger charge is -2.26. The molecule has 2 bridgehead atoms. The van der Waals surface area contributed by atoms with E-state index in [1.165, 1.54) is 18.3 Å². The number of aromatic amines is 1. The van der Waals surface area contributed by atoms with Gasteiger partial charge in [0.1, 0.15) is 30.5 Å². The largest absolute Gasteiger partial charge is 0.490 e. The first-order chi connectivity index (χ1) is 27.5. The van der Waals surface area contributed by atoms with Gasteiger partial charge in [-0.3, -0.25) is 29.0 Å². The van der Waals surface area contributed by atoms with Gasteiger partial charge in [-0.2, -0.15) is 0 Å². The molecule has 0 radical (unpaired) electrons. The number of aromatic nitrogens is 2. The van der Waals surface area contributed by atoms with Crippen LogP contribution < -0.4 is 37.5 Å². The zero-order valence-corrected chi connectivity index (χ0v) is 32.1. The second-order valence-electron chi connectivity index (χ2n) is 13.7. The van der Waals surface area contributed by atoms with Crippen LogP contribution in [-0.4, -0.2) is 82.7 Å². The van der Waals surface area contributed by atoms with Gasteiger partial charge in [0, 0.05) is 43.4 Å². The first kappa shape index (κ1) is 40.1. The highest BCUT2D eigenvalue weighted by Crippen LogP contribution is 2.24. The average Bonchev–Trinajstić information content (AvgIpc) is 3.82. The number of nitrogens with one attached hydrogen (secondary N) is 5. The number of ketones is 1. The fraction of sp³-hybridized carbons (Fsp3) is 0.293. The van der Waals surface area contributed by atoms with Crippen LogP contribution >= 0.6 is 11.3 Å². The van der Waals surface area contributed by atoms with Crippen LogP contribution in [0.2, 0.25) is 0 Å². The van der Waals surface area contributed by atoms with Crippen molar-refractivity contribution in [3.05, 3.63) is 107 Å². The molecule has 2 aliphatic heterocycles. The number of fused-ring (bicyclic) bond motifs is 15. The van der Waals surface area contributed by atoms with Gasteiger partial charge >= 0.3 is 0 Å². The van der Waals surface area contributed by atoms with E-state index in [0.717, 1.165) is 26.7 Å². The number of Topliss-reactive ketones (excluding diaryl/α,β-unsaturated/α-hetero) is 1. The third kappa shape index (κ3) is 10.8. The lowest BCUT2D eigenvalue weighted by atomic mass is 10.0. The van der Waals surface area contributed by atoms with Crippen molar-refractivity contribution in [3.8, 4) is 5.75 Å². The number of ether oxygens (including phenoxy) is 1. The maximum absolute atomic E-state index is 14.4. The molecule has 3 aromatic carbocycles. The minimum absolute atomic E-state index is 0.0260. The van der Waals surface area contributed by atoms with Crippen LogP contribution in [0.3, 0.4) is 0 Å². The molecule has 9 N–H and O–H groups in total. The molecule has 4 amide bonds. The SMILES string of the molecule is CC(=O)N[C@H]1Cc2ccc(cc2)OC/C=C\C[C@@H](C(=O)N[C@@H](CCCN=C(N)N)C(=O)c2nc3ccccc3s2)NC(=O)[C@@H](Cc2c[nH]c3ccccc23)NC1=O. The Bertz CT molecular complexity index is 2260. The molecule has 57 heavy (non-hydrogen) atoms. The van der Waals surface area contributed by atoms with Gasteiger partial charge in [-0.05, 0) is 60.7 Å². The normalized spacial score (nSPS) is 18.7. The quantitative estimate of drug-likeness (QED) is 0.0342. The smallest absolute Gasteiger partial charge is 0.243 e. The van der Waals surface area contributed by atoms with Gasteiger partial charge in [0.25, 0.3) is 0 Å². The lowest BCUT2D eigenvalue weighted by molar-refractivity contribution is -0.133. The molecule has 0 aliphatic carbocycles. The number of guanidine groups is 1. The molecule has 0 unspecified atom stereocenters. The maximum Gasteiger partial charge on any atom is 0.243 e. The number of amides is 4. The fourth-order valence-corrected chi connectivity index (χ4v) is 7.49. The van der Waals surface area contributed by atoms with Crippen molar-refractivity contribution >= 4 is 67.8 Å². The first-order valence-electron chi connectivity index (χ1n) is 18.6. The minimum atomic E-state index is -1.18. The summed E-state index contributed by atoms with van der Waals surface area (Å²) < 4.78 is 6.68. The van der Waals surface area contributed by atoms with Crippen molar-refractivity contribution in [2.45, 2.75) is 63.2 Å². The van der Waals surface area contributed by atoms with Gasteiger partial charge in [-0.15, -0.1) is 11.3 Å². The number of nitrogens with zero attached hydrogens (tertiary/aromatic N) is 2. The number of thiazole rings is 1. The summed E-state index contributed by atoms with van der Waals surface area (Å²) in [5.74, 6) is -2.19. The average molecular weight is 792 g/mol. The van der Waals surface area contributed by atoms with Crippen LogP contribution in [0.25, 0.3) is 21.1 Å². The fourth-order valence-electron chi connectivity index (χ4n) is 6.53. The van der Waals surface area contributed by atoms with E-state index in [1.807, 2.05) is 42.5 Å². The number of hydrogen-bond donors (Lipinski definition) is 7. The van der Waals surface area contributed by atoms with Crippen molar-refractivity contribution in [2.75, 3.05) is 13.2 Å². The Labute approximate surface area is 332 Å². The Balaban J connectivity index is 1.31. The van der Waals surface area contributed by atoms with Crippen LogP contribution in [-0.2, 0) is 32.0 Å². The summed E-state index contributed by atoms with van der Waals surface area (Å²) in [6, 6.07) is 17.7. The topological polar surface area (TPSA) is 236 Å². The minimum Gasteiger partial charge on any atom is -0.490 e. The molecule has 2 aromatic heterocycles. The van der Waals surface area contributed by atoms with Gasteiger partial charge < -0.3 is 42.5 Å². The summed E-state index contributed by atoms with van der Waals surface area (Å²) >= 11 is 1.22. The molecule has 5 aromatic rings. The molecule has 4 atom stereocenters. The molecule has 0 fully saturated rings. The predicted molar refractivity (Wildman–Crippen MR) is 219 cm³/mol. The molecule has 0 spiro atoms. The number of rotatable bonds is 11. The third-order valence-corrected chi connectivity index (χ3v) is 10.4. The Kier molecular flexibility index (Phi) is 13.3. The van der Waals surface area contributed by atoms with Gasteiger partial charge in [-0.1, -0.05) is 54.6 Å². The summed E-state index contributed by atoms with van der Waals surface area (Å²) in [5, 5.41) is 12.4.